The Morgan fingerprint density at radius 2 is 1.54 bits per heavy atom. The Morgan fingerprint density at radius 3 is 2.19 bits per heavy atom. The molecular formula is C54H64N4S. The van der Waals surface area contributed by atoms with Crippen molar-refractivity contribution in [2.24, 2.45) is 5.84 Å². The number of aromatic nitrogens is 1. The van der Waals surface area contributed by atoms with Gasteiger partial charge in [0.25, 0.3) is 0 Å². The topological polar surface area (TPSA) is 69.0 Å². The molecule has 0 saturated heterocycles. The molecule has 0 amide bonds. The molecule has 2 aliphatic rings. The van der Waals surface area contributed by atoms with E-state index >= 15 is 0 Å². The summed E-state index contributed by atoms with van der Waals surface area (Å²) in [5.41, 5.74) is 20.2. The highest BCUT2D eigenvalue weighted by Gasteiger charge is 2.18. The summed E-state index contributed by atoms with van der Waals surface area (Å²) in [6.07, 6.45) is 24.2. The van der Waals surface area contributed by atoms with Crippen LogP contribution in [-0.2, 0) is 6.42 Å². The van der Waals surface area contributed by atoms with Crippen molar-refractivity contribution in [1.82, 2.24) is 4.57 Å². The number of hydrogen-bond donors (Lipinski definition) is 4. The first-order valence-corrected chi connectivity index (χ1v) is 21.2. The van der Waals surface area contributed by atoms with E-state index in [1.807, 2.05) is 114 Å². The van der Waals surface area contributed by atoms with E-state index in [4.69, 9.17) is 11.6 Å². The van der Waals surface area contributed by atoms with Gasteiger partial charge in [-0.15, -0.1) is 12.6 Å². The average molecular weight is 801 g/mol. The van der Waals surface area contributed by atoms with Gasteiger partial charge >= 0.3 is 0 Å². The molecule has 5 aromatic carbocycles. The summed E-state index contributed by atoms with van der Waals surface area (Å²) in [7, 11) is 0. The van der Waals surface area contributed by atoms with Crippen molar-refractivity contribution in [3.63, 3.8) is 0 Å². The van der Waals surface area contributed by atoms with Crippen LogP contribution >= 0.6 is 12.6 Å². The number of rotatable bonds is 7. The fourth-order valence-corrected chi connectivity index (χ4v) is 6.82. The summed E-state index contributed by atoms with van der Waals surface area (Å²) in [5.74, 6) is 6.03. The lowest BCUT2D eigenvalue weighted by Gasteiger charge is -2.13. The van der Waals surface area contributed by atoms with Crippen molar-refractivity contribution in [3.8, 4) is 5.69 Å². The Labute approximate surface area is 360 Å². The molecule has 0 saturated carbocycles. The second-order valence-corrected chi connectivity index (χ2v) is 13.7. The van der Waals surface area contributed by atoms with Crippen LogP contribution in [0.1, 0.15) is 81.3 Å². The van der Waals surface area contributed by atoms with E-state index in [-0.39, 0.29) is 0 Å². The van der Waals surface area contributed by atoms with E-state index < -0.39 is 0 Å². The number of nitrogens with zero attached hydrogens (tertiary/aromatic N) is 1. The molecular weight excluding hydrogens is 737 g/mol. The number of benzene rings is 5. The molecule has 1 unspecified atom stereocenters. The Bertz CT molecular complexity index is 2310. The van der Waals surface area contributed by atoms with Crippen molar-refractivity contribution >= 4 is 46.6 Å². The molecule has 6 aromatic rings. The Morgan fingerprint density at radius 1 is 0.831 bits per heavy atom. The minimum absolute atomic E-state index is 0.508. The Hall–Kier alpha value is -6.01. The fraction of sp³-hybridized carbons (Fsp3) is 0.185. The van der Waals surface area contributed by atoms with Gasteiger partial charge in [0.15, 0.2) is 0 Å². The number of nitrogens with one attached hydrogen (secondary N) is 1. The molecule has 0 aliphatic heterocycles. The molecule has 1 heterocycles. The maximum Gasteiger partial charge on any atom is 0.0537 e. The summed E-state index contributed by atoms with van der Waals surface area (Å²) < 4.78 is 2.32. The van der Waals surface area contributed by atoms with Crippen molar-refractivity contribution < 1.29 is 0 Å². The number of nitrogen functional groups attached to an aromatic ring is 2. The molecule has 0 bridgehead atoms. The number of aryl methyl sites for hydroxylation is 1. The predicted molar refractivity (Wildman–Crippen MR) is 265 cm³/mol. The summed E-state index contributed by atoms with van der Waals surface area (Å²) >= 11 is 4.43. The van der Waals surface area contributed by atoms with E-state index in [2.05, 4.69) is 145 Å². The molecule has 2 aliphatic carbocycles. The second-order valence-electron chi connectivity index (χ2n) is 13.2. The molecule has 306 valence electrons. The fourth-order valence-electron chi connectivity index (χ4n) is 6.53. The van der Waals surface area contributed by atoms with Crippen molar-refractivity contribution in [2.45, 2.75) is 71.6 Å². The van der Waals surface area contributed by atoms with Gasteiger partial charge in [0, 0.05) is 45.3 Å². The smallest absolute Gasteiger partial charge is 0.0537 e. The maximum absolute atomic E-state index is 5.72. The van der Waals surface area contributed by atoms with Crippen LogP contribution < -0.4 is 17.0 Å². The van der Waals surface area contributed by atoms with E-state index in [9.17, 15) is 0 Å². The van der Waals surface area contributed by atoms with Crippen LogP contribution in [0.3, 0.4) is 0 Å². The van der Waals surface area contributed by atoms with Gasteiger partial charge in [-0.25, -0.2) is 0 Å². The Balaban J connectivity index is 0.000000214. The number of para-hydroxylation sites is 1. The van der Waals surface area contributed by atoms with E-state index in [1.165, 1.54) is 33.3 Å². The SMILES string of the molecule is C=C/C(=C\CC=CC)c1ccccc1S.CC.CC.Cc1ccccc1.NNc1cccc(-n2c3c(c4ccccc42)C=CC3)c1.Nc1cccc(C2C=CC=CC2)c1. The quantitative estimate of drug-likeness (QED) is 0.0325. The highest BCUT2D eigenvalue weighted by atomic mass is 32.1. The van der Waals surface area contributed by atoms with E-state index in [0.717, 1.165) is 52.4 Å². The summed E-state index contributed by atoms with van der Waals surface area (Å²) in [6, 6.07) is 43.1. The molecule has 1 aromatic heterocycles. The summed E-state index contributed by atoms with van der Waals surface area (Å²) in [5, 5.41) is 1.31. The largest absolute Gasteiger partial charge is 0.399 e. The van der Waals surface area contributed by atoms with Crippen molar-refractivity contribution in [3.05, 3.63) is 217 Å². The average Bonchev–Trinajstić information content (AvgIpc) is 3.90. The van der Waals surface area contributed by atoms with Crippen LogP contribution in [0.4, 0.5) is 11.4 Å². The van der Waals surface area contributed by atoms with Crippen molar-refractivity contribution in [1.29, 1.82) is 0 Å². The molecule has 0 spiro atoms. The Kier molecular flexibility index (Phi) is 21.5. The molecule has 59 heavy (non-hydrogen) atoms. The van der Waals surface area contributed by atoms with Crippen LogP contribution in [0, 0.1) is 6.92 Å². The number of hydrazine groups is 1. The molecule has 8 rings (SSSR count). The van der Waals surface area contributed by atoms with Crippen LogP contribution in [0.15, 0.2) is 194 Å². The van der Waals surface area contributed by atoms with Gasteiger partial charge in [0.1, 0.15) is 0 Å². The molecule has 4 nitrogen and oxygen atoms in total. The first-order chi connectivity index (χ1) is 28.9. The highest BCUT2D eigenvalue weighted by Crippen LogP contribution is 2.34. The number of fused-ring (bicyclic) bond motifs is 3. The number of thiol groups is 1. The van der Waals surface area contributed by atoms with Crippen LogP contribution in [0.25, 0.3) is 28.2 Å². The minimum atomic E-state index is 0.508. The van der Waals surface area contributed by atoms with Gasteiger partial charge in [-0.05, 0) is 85.9 Å². The van der Waals surface area contributed by atoms with Gasteiger partial charge in [0.2, 0.25) is 0 Å². The number of nitrogens with two attached hydrogens (primary N) is 2. The third-order valence-electron chi connectivity index (χ3n) is 9.29. The summed E-state index contributed by atoms with van der Waals surface area (Å²) in [4.78, 5) is 0.990. The lowest BCUT2D eigenvalue weighted by molar-refractivity contribution is 0.854. The number of allylic oxidation sites excluding steroid dienone is 10. The molecule has 1 atom stereocenters. The third kappa shape index (κ3) is 14.4. The molecule has 0 fully saturated rings. The number of hydrogen-bond acceptors (Lipinski definition) is 4. The normalized spacial score (nSPS) is 13.2. The van der Waals surface area contributed by atoms with Crippen molar-refractivity contribution in [2.75, 3.05) is 11.2 Å². The van der Waals surface area contributed by atoms with Gasteiger partial charge in [-0.3, -0.25) is 5.84 Å². The second kappa shape index (κ2) is 26.8. The first-order valence-electron chi connectivity index (χ1n) is 20.7. The zero-order valence-corrected chi connectivity index (χ0v) is 36.7. The lowest BCUT2D eigenvalue weighted by atomic mass is 9.92. The molecule has 5 heteroatoms. The monoisotopic (exact) mass is 800 g/mol. The third-order valence-corrected chi connectivity index (χ3v) is 9.68. The molecule has 5 N–H and O–H groups in total. The van der Waals surface area contributed by atoms with Crippen LogP contribution in [0.5, 0.6) is 0 Å². The lowest BCUT2D eigenvalue weighted by Crippen LogP contribution is -2.07. The summed E-state index contributed by atoms with van der Waals surface area (Å²) in [6.45, 7) is 15.9. The van der Waals surface area contributed by atoms with Gasteiger partial charge in [0.05, 0.1) is 11.2 Å². The zero-order chi connectivity index (χ0) is 42.8. The maximum atomic E-state index is 5.72. The van der Waals surface area contributed by atoms with Gasteiger partial charge in [-0.2, -0.15) is 0 Å². The van der Waals surface area contributed by atoms with Crippen LogP contribution in [0.2, 0.25) is 0 Å². The molecule has 0 radical (unpaired) electrons. The van der Waals surface area contributed by atoms with Gasteiger partial charge < -0.3 is 15.7 Å². The first kappa shape index (κ1) is 47.4. The van der Waals surface area contributed by atoms with E-state index in [1.54, 1.807) is 0 Å². The van der Waals surface area contributed by atoms with Crippen LogP contribution in [-0.4, -0.2) is 4.57 Å². The predicted octanol–water partition coefficient (Wildman–Crippen LogP) is 14.9. The van der Waals surface area contributed by atoms with Gasteiger partial charge in [-0.1, -0.05) is 186 Å². The number of anilines is 2. The standard InChI is InChI=1S/C17H15N3.C14H16S.C12H13N.C7H8.2C2H6/c18-19-12-5-3-6-13(11-12)20-16-9-2-1-7-14(16)15-8-4-10-17(15)20;1-3-5-6-9-12(4-2)13-10-7-8-11-14(13)15;13-12-8-4-7-11(9-12)10-5-2-1-3-6-10;1-7-5-3-2-4-6-7;2*1-2/h1-9,11,19H,10,18H2;3-5,7-11,15H,2,6H2,1H3;1-5,7-10H,6,13H2;2-6H,1H3;2*1-2H3/b;5-3?,12-9+;;;;. The highest BCUT2D eigenvalue weighted by molar-refractivity contribution is 7.80. The minimum Gasteiger partial charge on any atom is -0.399 e. The zero-order valence-electron chi connectivity index (χ0n) is 35.9. The van der Waals surface area contributed by atoms with E-state index in [0.29, 0.717) is 5.92 Å².